The Morgan fingerprint density at radius 2 is 1.62 bits per heavy atom. The average molecular weight is 240 g/mol. The number of alkyl halides is 4. The topological polar surface area (TPSA) is 15.3 Å². The summed E-state index contributed by atoms with van der Waals surface area (Å²) in [4.78, 5) is 1.72. The van der Waals surface area contributed by atoms with Crippen molar-refractivity contribution < 1.29 is 17.6 Å². The highest BCUT2D eigenvalue weighted by Crippen LogP contribution is 2.45. The molecule has 0 bridgehead atoms. The van der Waals surface area contributed by atoms with Crippen LogP contribution >= 0.6 is 0 Å². The third kappa shape index (κ3) is 2.18. The molecule has 0 aromatic rings. The van der Waals surface area contributed by atoms with E-state index in [-0.39, 0.29) is 6.54 Å². The van der Waals surface area contributed by atoms with E-state index in [1.54, 1.807) is 4.90 Å². The molecule has 0 radical (unpaired) electrons. The number of halogens is 4. The first-order valence-corrected chi connectivity index (χ1v) is 5.58. The molecule has 94 valence electrons. The number of piperidine rings is 1. The zero-order valence-corrected chi connectivity index (χ0v) is 9.15. The third-order valence-corrected chi connectivity index (χ3v) is 3.53. The van der Waals surface area contributed by atoms with Crippen LogP contribution in [-0.2, 0) is 0 Å². The average Bonchev–Trinajstić information content (AvgIpc) is 2.14. The number of hydrogen-bond donors (Lipinski definition) is 1. The van der Waals surface area contributed by atoms with Crippen molar-refractivity contribution in [3.8, 4) is 0 Å². The summed E-state index contributed by atoms with van der Waals surface area (Å²) in [5.74, 6) is -1.31. The monoisotopic (exact) mass is 240 g/mol. The van der Waals surface area contributed by atoms with Gasteiger partial charge in [-0.05, 0) is 31.8 Å². The molecule has 2 aliphatic heterocycles. The van der Waals surface area contributed by atoms with Crippen molar-refractivity contribution >= 4 is 0 Å². The summed E-state index contributed by atoms with van der Waals surface area (Å²) >= 11 is 0. The van der Waals surface area contributed by atoms with Crippen LogP contribution in [0.5, 0.6) is 0 Å². The van der Waals surface area contributed by atoms with Gasteiger partial charge in [0.2, 0.25) is 0 Å². The summed E-state index contributed by atoms with van der Waals surface area (Å²) in [6, 6.07) is -6.85. The zero-order chi connectivity index (χ0) is 12.0. The molecule has 0 aromatic carbocycles. The number of hydrogen-bond acceptors (Lipinski definition) is 2. The molecule has 0 aromatic heterocycles. The fourth-order valence-electron chi connectivity index (χ4n) is 2.28. The fraction of sp³-hybridized carbons (Fsp3) is 1.00. The summed E-state index contributed by atoms with van der Waals surface area (Å²) in [5.41, 5.74) is 0. The van der Waals surface area contributed by atoms with Crippen molar-refractivity contribution in [1.82, 2.24) is 10.2 Å². The van der Waals surface area contributed by atoms with Gasteiger partial charge in [-0.1, -0.05) is 6.92 Å². The molecule has 0 unspecified atom stereocenters. The van der Waals surface area contributed by atoms with E-state index in [9.17, 15) is 17.6 Å². The quantitative estimate of drug-likeness (QED) is 0.587. The van der Waals surface area contributed by atoms with Gasteiger partial charge in [0.1, 0.15) is 5.92 Å². The maximum atomic E-state index is 12.9. The van der Waals surface area contributed by atoms with Gasteiger partial charge in [0.25, 0.3) is 0 Å². The van der Waals surface area contributed by atoms with Crippen LogP contribution in [-0.4, -0.2) is 36.6 Å². The molecular formula is C10H16F4N2. The molecule has 2 aliphatic rings. The Morgan fingerprint density at radius 1 is 1.12 bits per heavy atom. The SMILES string of the molecule is CC1CCN(CC2C(F)(F)NC2(F)F)CC1. The Hall–Kier alpha value is -0.360. The van der Waals surface area contributed by atoms with Crippen molar-refractivity contribution in [3.05, 3.63) is 0 Å². The van der Waals surface area contributed by atoms with Crippen LogP contribution in [0.4, 0.5) is 17.6 Å². The summed E-state index contributed by atoms with van der Waals surface area (Å²) in [6.07, 6.45) is 1.80. The molecule has 2 fully saturated rings. The lowest BCUT2D eigenvalue weighted by atomic mass is 9.92. The number of nitrogens with one attached hydrogen (secondary N) is 1. The number of rotatable bonds is 2. The molecule has 2 saturated heterocycles. The van der Waals surface area contributed by atoms with Crippen LogP contribution in [0.2, 0.25) is 0 Å². The maximum absolute atomic E-state index is 12.9. The van der Waals surface area contributed by atoms with Gasteiger partial charge in [0.05, 0.1) is 0 Å². The molecule has 6 heteroatoms. The van der Waals surface area contributed by atoms with Gasteiger partial charge < -0.3 is 4.90 Å². The largest absolute Gasteiger partial charge is 0.318 e. The summed E-state index contributed by atoms with van der Waals surface area (Å²) in [5, 5.41) is 1.01. The molecule has 0 spiro atoms. The minimum atomic E-state index is -3.42. The Balaban J connectivity index is 1.89. The first kappa shape index (κ1) is 12.1. The zero-order valence-electron chi connectivity index (χ0n) is 9.15. The van der Waals surface area contributed by atoms with Gasteiger partial charge >= 0.3 is 12.1 Å². The minimum Gasteiger partial charge on any atom is -0.302 e. The van der Waals surface area contributed by atoms with Crippen molar-refractivity contribution in [3.63, 3.8) is 0 Å². The van der Waals surface area contributed by atoms with Gasteiger partial charge in [-0.25, -0.2) is 0 Å². The molecule has 0 amide bonds. The first-order valence-electron chi connectivity index (χ1n) is 5.58. The van der Waals surface area contributed by atoms with Crippen molar-refractivity contribution in [1.29, 1.82) is 0 Å². The lowest BCUT2D eigenvalue weighted by Crippen LogP contribution is -2.74. The van der Waals surface area contributed by atoms with E-state index in [0.717, 1.165) is 18.2 Å². The van der Waals surface area contributed by atoms with Crippen LogP contribution in [0.15, 0.2) is 0 Å². The molecule has 2 rings (SSSR count). The van der Waals surface area contributed by atoms with E-state index < -0.39 is 18.0 Å². The van der Waals surface area contributed by atoms with E-state index in [0.29, 0.717) is 19.0 Å². The minimum absolute atomic E-state index is 0.223. The molecule has 2 nitrogen and oxygen atoms in total. The standard InChI is InChI=1S/C10H16F4N2/c1-7-2-4-16(5-3-7)6-8-9(11,12)15-10(8,13)14/h7-8,15H,2-6H2,1H3. The van der Waals surface area contributed by atoms with Crippen molar-refractivity contribution in [2.24, 2.45) is 11.8 Å². The van der Waals surface area contributed by atoms with Crippen LogP contribution in [0.3, 0.4) is 0 Å². The number of likely N-dealkylation sites (tertiary alicyclic amines) is 1. The Bertz CT molecular complexity index is 248. The van der Waals surface area contributed by atoms with E-state index in [1.165, 1.54) is 0 Å². The molecular weight excluding hydrogens is 224 g/mol. The van der Waals surface area contributed by atoms with Crippen LogP contribution in [0.1, 0.15) is 19.8 Å². The summed E-state index contributed by atoms with van der Waals surface area (Å²) in [7, 11) is 0. The highest BCUT2D eigenvalue weighted by Gasteiger charge is 2.68. The third-order valence-electron chi connectivity index (χ3n) is 3.53. The summed E-state index contributed by atoms with van der Waals surface area (Å²) < 4.78 is 51.6. The molecule has 2 heterocycles. The second-order valence-electron chi connectivity index (χ2n) is 4.91. The molecule has 0 aliphatic carbocycles. The van der Waals surface area contributed by atoms with Crippen LogP contribution in [0, 0.1) is 11.8 Å². The maximum Gasteiger partial charge on any atom is 0.318 e. The molecule has 16 heavy (non-hydrogen) atoms. The van der Waals surface area contributed by atoms with Gasteiger partial charge in [0.15, 0.2) is 0 Å². The normalized spacial score (nSPS) is 31.3. The Labute approximate surface area is 92.0 Å². The summed E-state index contributed by atoms with van der Waals surface area (Å²) in [6.45, 7) is 3.15. The first-order chi connectivity index (χ1) is 7.31. The fourth-order valence-corrected chi connectivity index (χ4v) is 2.28. The highest BCUT2D eigenvalue weighted by molar-refractivity contribution is 4.99. The molecule has 1 N–H and O–H groups in total. The van der Waals surface area contributed by atoms with E-state index in [1.807, 2.05) is 0 Å². The number of nitrogens with zero attached hydrogens (tertiary/aromatic N) is 1. The van der Waals surface area contributed by atoms with Gasteiger partial charge in [-0.2, -0.15) is 22.9 Å². The van der Waals surface area contributed by atoms with E-state index in [2.05, 4.69) is 6.92 Å². The van der Waals surface area contributed by atoms with Crippen LogP contribution in [0.25, 0.3) is 0 Å². The molecule has 0 atom stereocenters. The lowest BCUT2D eigenvalue weighted by molar-refractivity contribution is -0.322. The van der Waals surface area contributed by atoms with Gasteiger partial charge in [-0.15, -0.1) is 0 Å². The van der Waals surface area contributed by atoms with Crippen molar-refractivity contribution in [2.45, 2.75) is 31.9 Å². The smallest absolute Gasteiger partial charge is 0.302 e. The predicted octanol–water partition coefficient (Wildman–Crippen LogP) is 2.12. The van der Waals surface area contributed by atoms with Gasteiger partial charge in [0, 0.05) is 6.54 Å². The Morgan fingerprint density at radius 3 is 2.06 bits per heavy atom. The van der Waals surface area contributed by atoms with Crippen molar-refractivity contribution in [2.75, 3.05) is 19.6 Å². The second-order valence-corrected chi connectivity index (χ2v) is 4.91. The highest BCUT2D eigenvalue weighted by atomic mass is 19.3. The predicted molar refractivity (Wildman–Crippen MR) is 51.4 cm³/mol. The van der Waals surface area contributed by atoms with Crippen LogP contribution < -0.4 is 5.32 Å². The second kappa shape index (κ2) is 3.84. The Kier molecular flexibility index (Phi) is 2.90. The molecule has 0 saturated carbocycles. The van der Waals surface area contributed by atoms with E-state index >= 15 is 0 Å². The van der Waals surface area contributed by atoms with E-state index in [4.69, 9.17) is 0 Å². The lowest BCUT2D eigenvalue weighted by Gasteiger charge is -2.47. The van der Waals surface area contributed by atoms with Gasteiger partial charge in [-0.3, -0.25) is 0 Å².